The van der Waals surface area contributed by atoms with E-state index < -0.39 is 4.92 Å². The molecule has 0 atom stereocenters. The summed E-state index contributed by atoms with van der Waals surface area (Å²) >= 11 is 0. The molecule has 2 heterocycles. The van der Waals surface area contributed by atoms with Crippen LogP contribution in [0.2, 0.25) is 0 Å². The fraction of sp³-hybridized carbons (Fsp3) is 0.471. The van der Waals surface area contributed by atoms with E-state index in [0.717, 1.165) is 31.6 Å². The minimum Gasteiger partial charge on any atom is -0.336 e. The maximum atomic E-state index is 12.8. The van der Waals surface area contributed by atoms with E-state index in [-0.39, 0.29) is 24.2 Å². The highest BCUT2D eigenvalue weighted by atomic mass is 16.6. The van der Waals surface area contributed by atoms with Gasteiger partial charge in [-0.1, -0.05) is 23.4 Å². The average molecular weight is 358 g/mol. The molecule has 2 aromatic rings. The smallest absolute Gasteiger partial charge is 0.276 e. The van der Waals surface area contributed by atoms with Gasteiger partial charge in [-0.2, -0.15) is 0 Å². The lowest BCUT2D eigenvalue weighted by Gasteiger charge is -2.23. The van der Waals surface area contributed by atoms with Gasteiger partial charge in [0.05, 0.1) is 23.2 Å². The fourth-order valence-corrected chi connectivity index (χ4v) is 3.27. The highest BCUT2D eigenvalue weighted by Gasteiger charge is 2.25. The number of amides is 1. The highest BCUT2D eigenvalue weighted by molar-refractivity contribution is 5.93. The Hall–Kier alpha value is -2.81. The SMILES string of the molecule is Cc1c(C(=O)N(C)Cc2ccccc2[N+](=O)[O-])nnn1C1CCNCC1. The summed E-state index contributed by atoms with van der Waals surface area (Å²) in [6.07, 6.45) is 1.90. The standard InChI is InChI=1S/C17H22N6O3/c1-12-16(19-20-22(12)14-7-9-18-10-8-14)17(24)21(2)11-13-5-3-4-6-15(13)23(25)26/h3-6,14,18H,7-11H2,1-2H3. The van der Waals surface area contributed by atoms with Gasteiger partial charge in [0, 0.05) is 18.7 Å². The van der Waals surface area contributed by atoms with E-state index in [2.05, 4.69) is 15.6 Å². The van der Waals surface area contributed by atoms with Crippen LogP contribution in [-0.2, 0) is 6.54 Å². The number of nitro groups is 1. The Bertz CT molecular complexity index is 813. The third-order valence-corrected chi connectivity index (χ3v) is 4.73. The van der Waals surface area contributed by atoms with Crippen molar-refractivity contribution >= 4 is 11.6 Å². The van der Waals surface area contributed by atoms with Crippen molar-refractivity contribution in [2.45, 2.75) is 32.4 Å². The van der Waals surface area contributed by atoms with Crippen LogP contribution in [0.15, 0.2) is 24.3 Å². The number of nitrogens with one attached hydrogen (secondary N) is 1. The van der Waals surface area contributed by atoms with E-state index in [4.69, 9.17) is 0 Å². The van der Waals surface area contributed by atoms with Crippen molar-refractivity contribution in [3.8, 4) is 0 Å². The Morgan fingerprint density at radius 2 is 2.08 bits per heavy atom. The van der Waals surface area contributed by atoms with Crippen LogP contribution in [0.3, 0.4) is 0 Å². The minimum atomic E-state index is -0.438. The number of nitrogens with zero attached hydrogens (tertiary/aromatic N) is 5. The van der Waals surface area contributed by atoms with Crippen LogP contribution in [0.25, 0.3) is 0 Å². The Morgan fingerprint density at radius 3 is 2.77 bits per heavy atom. The summed E-state index contributed by atoms with van der Waals surface area (Å²) in [7, 11) is 1.61. The first-order valence-electron chi connectivity index (χ1n) is 8.59. The maximum Gasteiger partial charge on any atom is 0.276 e. The summed E-state index contributed by atoms with van der Waals surface area (Å²) in [4.78, 5) is 24.9. The number of carbonyl (C=O) groups is 1. The lowest BCUT2D eigenvalue weighted by atomic mass is 10.1. The van der Waals surface area contributed by atoms with Crippen LogP contribution in [0.4, 0.5) is 5.69 Å². The third-order valence-electron chi connectivity index (χ3n) is 4.73. The van der Waals surface area contributed by atoms with Crippen LogP contribution in [0.1, 0.15) is 40.6 Å². The summed E-state index contributed by atoms with van der Waals surface area (Å²) in [5.41, 5.74) is 1.51. The van der Waals surface area contributed by atoms with Gasteiger partial charge in [-0.15, -0.1) is 5.10 Å². The number of nitro benzene ring substituents is 1. The Morgan fingerprint density at radius 1 is 1.38 bits per heavy atom. The minimum absolute atomic E-state index is 0.00207. The molecule has 0 bridgehead atoms. The summed E-state index contributed by atoms with van der Waals surface area (Å²) < 4.78 is 1.83. The van der Waals surface area contributed by atoms with Crippen molar-refractivity contribution in [3.63, 3.8) is 0 Å². The van der Waals surface area contributed by atoms with E-state index in [0.29, 0.717) is 11.3 Å². The fourth-order valence-electron chi connectivity index (χ4n) is 3.27. The van der Waals surface area contributed by atoms with Gasteiger partial charge < -0.3 is 10.2 Å². The lowest BCUT2D eigenvalue weighted by Crippen LogP contribution is -2.31. The topological polar surface area (TPSA) is 106 Å². The molecule has 0 radical (unpaired) electrons. The van der Waals surface area contributed by atoms with E-state index in [1.807, 2.05) is 11.6 Å². The van der Waals surface area contributed by atoms with Crippen molar-refractivity contribution in [1.82, 2.24) is 25.2 Å². The number of carbonyl (C=O) groups excluding carboxylic acids is 1. The molecular formula is C17H22N6O3. The number of hydrogen-bond donors (Lipinski definition) is 1. The third kappa shape index (κ3) is 3.57. The normalized spacial score (nSPS) is 15.0. The Labute approximate surface area is 151 Å². The van der Waals surface area contributed by atoms with Crippen LogP contribution >= 0.6 is 0 Å². The second-order valence-corrected chi connectivity index (χ2v) is 6.50. The molecule has 0 unspecified atom stereocenters. The molecule has 1 N–H and O–H groups in total. The van der Waals surface area contributed by atoms with Crippen molar-refractivity contribution in [1.29, 1.82) is 0 Å². The van der Waals surface area contributed by atoms with E-state index in [1.54, 1.807) is 25.2 Å². The largest absolute Gasteiger partial charge is 0.336 e. The van der Waals surface area contributed by atoms with Gasteiger partial charge in [0.2, 0.25) is 0 Å². The molecule has 1 fully saturated rings. The summed E-state index contributed by atoms with van der Waals surface area (Å²) in [5.74, 6) is -0.291. The molecule has 9 nitrogen and oxygen atoms in total. The molecule has 1 aromatic carbocycles. The van der Waals surface area contributed by atoms with Gasteiger partial charge in [0.1, 0.15) is 0 Å². The first-order chi connectivity index (χ1) is 12.5. The zero-order valence-electron chi connectivity index (χ0n) is 14.9. The van der Waals surface area contributed by atoms with E-state index in [1.165, 1.54) is 11.0 Å². The highest BCUT2D eigenvalue weighted by Crippen LogP contribution is 2.22. The van der Waals surface area contributed by atoms with E-state index in [9.17, 15) is 14.9 Å². The van der Waals surface area contributed by atoms with Gasteiger partial charge in [0.15, 0.2) is 5.69 Å². The molecule has 138 valence electrons. The van der Waals surface area contributed by atoms with Crippen LogP contribution < -0.4 is 5.32 Å². The molecule has 9 heteroatoms. The van der Waals surface area contributed by atoms with Gasteiger partial charge in [-0.25, -0.2) is 4.68 Å². The molecular weight excluding hydrogens is 336 g/mol. The quantitative estimate of drug-likeness (QED) is 0.644. The van der Waals surface area contributed by atoms with Gasteiger partial charge in [-0.05, 0) is 32.9 Å². The van der Waals surface area contributed by atoms with Crippen LogP contribution in [0.5, 0.6) is 0 Å². The van der Waals surface area contributed by atoms with Crippen molar-refractivity contribution < 1.29 is 9.72 Å². The molecule has 0 saturated carbocycles. The second kappa shape index (κ2) is 7.61. The number of aromatic nitrogens is 3. The number of hydrogen-bond acceptors (Lipinski definition) is 6. The van der Waals surface area contributed by atoms with Gasteiger partial charge in [-0.3, -0.25) is 14.9 Å². The van der Waals surface area contributed by atoms with Crippen LogP contribution in [-0.4, -0.2) is 50.9 Å². The molecule has 0 aliphatic carbocycles. The van der Waals surface area contributed by atoms with Gasteiger partial charge in [0.25, 0.3) is 11.6 Å². The van der Waals surface area contributed by atoms with Crippen LogP contribution in [0, 0.1) is 17.0 Å². The first-order valence-corrected chi connectivity index (χ1v) is 8.59. The summed E-state index contributed by atoms with van der Waals surface area (Å²) in [5, 5.41) is 22.7. The number of benzene rings is 1. The van der Waals surface area contributed by atoms with Gasteiger partial charge >= 0.3 is 0 Å². The number of rotatable bonds is 5. The average Bonchev–Trinajstić information content (AvgIpc) is 3.03. The molecule has 0 spiro atoms. The molecule has 1 aromatic heterocycles. The first kappa shape index (κ1) is 18.0. The Balaban J connectivity index is 1.77. The van der Waals surface area contributed by atoms with Crippen molar-refractivity contribution in [2.24, 2.45) is 0 Å². The van der Waals surface area contributed by atoms with Crippen molar-refractivity contribution in [3.05, 3.63) is 51.3 Å². The molecule has 3 rings (SSSR count). The van der Waals surface area contributed by atoms with E-state index >= 15 is 0 Å². The summed E-state index contributed by atoms with van der Waals surface area (Å²) in [6.45, 7) is 3.82. The molecule has 1 aliphatic rings. The molecule has 1 amide bonds. The molecule has 1 saturated heterocycles. The predicted octanol–water partition coefficient (Wildman–Crippen LogP) is 1.69. The monoisotopic (exact) mass is 358 g/mol. The molecule has 26 heavy (non-hydrogen) atoms. The molecule has 1 aliphatic heterocycles. The predicted molar refractivity (Wildman–Crippen MR) is 94.8 cm³/mol. The lowest BCUT2D eigenvalue weighted by molar-refractivity contribution is -0.385. The number of para-hydroxylation sites is 1. The number of piperidine rings is 1. The zero-order chi connectivity index (χ0) is 18.7. The van der Waals surface area contributed by atoms with Crippen molar-refractivity contribution in [2.75, 3.05) is 20.1 Å². The summed E-state index contributed by atoms with van der Waals surface area (Å²) in [6, 6.07) is 6.66. The maximum absolute atomic E-state index is 12.8. The second-order valence-electron chi connectivity index (χ2n) is 6.50. The Kier molecular flexibility index (Phi) is 5.27. The zero-order valence-corrected chi connectivity index (χ0v) is 14.9.